The molecular weight excluding hydrogens is 250 g/mol. The van der Waals surface area contributed by atoms with Crippen molar-refractivity contribution in [2.45, 2.75) is 6.04 Å². The molecule has 2 aromatic rings. The first-order chi connectivity index (χ1) is 9.68. The van der Waals surface area contributed by atoms with E-state index < -0.39 is 5.97 Å². The second kappa shape index (κ2) is 6.68. The average Bonchev–Trinajstić information content (AvgIpc) is 2.49. The predicted octanol–water partition coefficient (Wildman–Crippen LogP) is 3.01. The van der Waals surface area contributed by atoms with Gasteiger partial charge in [0.15, 0.2) is 0 Å². The molecule has 0 amide bonds. The van der Waals surface area contributed by atoms with E-state index in [2.05, 4.69) is 11.9 Å². The van der Waals surface area contributed by atoms with E-state index in [0.717, 1.165) is 11.1 Å². The highest BCUT2D eigenvalue weighted by molar-refractivity contribution is 5.86. The first kappa shape index (κ1) is 14.0. The summed E-state index contributed by atoms with van der Waals surface area (Å²) >= 11 is 0. The normalized spacial score (nSPS) is 10.4. The summed E-state index contributed by atoms with van der Waals surface area (Å²) in [5.74, 6) is -0.975. The smallest absolute Gasteiger partial charge is 0.332 e. The molecule has 0 unspecified atom stereocenters. The van der Waals surface area contributed by atoms with Gasteiger partial charge in [-0.15, -0.1) is 0 Å². The van der Waals surface area contributed by atoms with Gasteiger partial charge in [0, 0.05) is 12.1 Å². The molecule has 2 aromatic carbocycles. The monoisotopic (exact) mass is 267 g/mol. The molecule has 0 saturated heterocycles. The fourth-order valence-corrected chi connectivity index (χ4v) is 2.02. The van der Waals surface area contributed by atoms with Crippen molar-refractivity contribution in [3.05, 3.63) is 83.9 Å². The molecule has 0 heterocycles. The summed E-state index contributed by atoms with van der Waals surface area (Å²) in [7, 11) is 0. The Hall–Kier alpha value is -2.39. The number of hydrogen-bond donors (Lipinski definition) is 2. The van der Waals surface area contributed by atoms with Crippen LogP contribution in [0.25, 0.3) is 0 Å². The third-order valence-corrected chi connectivity index (χ3v) is 3.09. The molecule has 3 nitrogen and oxygen atoms in total. The molecule has 0 radical (unpaired) electrons. The fourth-order valence-electron chi connectivity index (χ4n) is 2.02. The Morgan fingerprint density at radius 1 is 1.00 bits per heavy atom. The molecule has 2 rings (SSSR count). The summed E-state index contributed by atoms with van der Waals surface area (Å²) in [4.78, 5) is 10.8. The molecule has 102 valence electrons. The number of hydrogen-bond acceptors (Lipinski definition) is 2. The standard InChI is InChI=1S/C17H17NO2/c1-13(17(19)20)12-18-16(14-8-4-2-5-9-14)15-10-6-3-7-11-15/h2-11,16,18H,1,12H2,(H,19,20). The number of rotatable bonds is 6. The molecule has 0 aliphatic rings. The van der Waals surface area contributed by atoms with Crippen LogP contribution in [0, 0.1) is 0 Å². The minimum Gasteiger partial charge on any atom is -0.478 e. The third kappa shape index (κ3) is 3.56. The summed E-state index contributed by atoms with van der Waals surface area (Å²) in [5, 5.41) is 12.1. The Bertz CT molecular complexity index is 539. The van der Waals surface area contributed by atoms with Crippen LogP contribution in [0.4, 0.5) is 0 Å². The van der Waals surface area contributed by atoms with Gasteiger partial charge in [-0.25, -0.2) is 4.79 Å². The lowest BCUT2D eigenvalue weighted by Crippen LogP contribution is -2.26. The Labute approximate surface area is 118 Å². The van der Waals surface area contributed by atoms with E-state index in [9.17, 15) is 4.79 Å². The van der Waals surface area contributed by atoms with Crippen LogP contribution in [0.1, 0.15) is 17.2 Å². The summed E-state index contributed by atoms with van der Waals surface area (Å²) in [6.07, 6.45) is 0. The minimum absolute atomic E-state index is 0.0477. The third-order valence-electron chi connectivity index (χ3n) is 3.09. The Morgan fingerprint density at radius 2 is 1.45 bits per heavy atom. The van der Waals surface area contributed by atoms with E-state index >= 15 is 0 Å². The lowest BCUT2D eigenvalue weighted by molar-refractivity contribution is -0.132. The van der Waals surface area contributed by atoms with Crippen LogP contribution in [0.5, 0.6) is 0 Å². The van der Waals surface area contributed by atoms with Crippen LogP contribution < -0.4 is 5.32 Å². The Morgan fingerprint density at radius 3 is 1.85 bits per heavy atom. The van der Waals surface area contributed by atoms with Gasteiger partial charge in [0.1, 0.15) is 0 Å². The molecule has 0 atom stereocenters. The number of carboxylic acid groups (broad SMARTS) is 1. The predicted molar refractivity (Wildman–Crippen MR) is 79.5 cm³/mol. The zero-order valence-corrected chi connectivity index (χ0v) is 11.1. The van der Waals surface area contributed by atoms with Crippen molar-refractivity contribution in [1.82, 2.24) is 5.32 Å². The maximum atomic E-state index is 10.8. The Kier molecular flexibility index (Phi) is 4.69. The van der Waals surface area contributed by atoms with Gasteiger partial charge in [0.05, 0.1) is 6.04 Å². The van der Waals surface area contributed by atoms with Crippen molar-refractivity contribution in [2.24, 2.45) is 0 Å². The molecule has 0 saturated carbocycles. The van der Waals surface area contributed by atoms with Gasteiger partial charge in [0.2, 0.25) is 0 Å². The summed E-state index contributed by atoms with van der Waals surface area (Å²) in [6.45, 7) is 3.79. The molecule has 20 heavy (non-hydrogen) atoms. The number of nitrogens with one attached hydrogen (secondary N) is 1. The van der Waals surface area contributed by atoms with Gasteiger partial charge in [-0.1, -0.05) is 67.2 Å². The van der Waals surface area contributed by atoms with Gasteiger partial charge in [-0.05, 0) is 11.1 Å². The summed E-state index contributed by atoms with van der Waals surface area (Å²) in [6, 6.07) is 19.8. The second-order valence-corrected chi connectivity index (χ2v) is 4.54. The number of benzene rings is 2. The minimum atomic E-state index is -0.975. The van der Waals surface area contributed by atoms with Crippen molar-refractivity contribution in [2.75, 3.05) is 6.54 Å². The van der Waals surface area contributed by atoms with Crippen molar-refractivity contribution in [3.8, 4) is 0 Å². The molecule has 2 N–H and O–H groups in total. The average molecular weight is 267 g/mol. The zero-order chi connectivity index (χ0) is 14.4. The van der Waals surface area contributed by atoms with Crippen LogP contribution in [0.15, 0.2) is 72.8 Å². The lowest BCUT2D eigenvalue weighted by atomic mass is 9.98. The van der Waals surface area contributed by atoms with Crippen LogP contribution in [0.3, 0.4) is 0 Å². The van der Waals surface area contributed by atoms with Crippen LogP contribution in [-0.2, 0) is 4.79 Å². The topological polar surface area (TPSA) is 49.3 Å². The van der Waals surface area contributed by atoms with Crippen LogP contribution in [-0.4, -0.2) is 17.6 Å². The number of carbonyl (C=O) groups is 1. The van der Waals surface area contributed by atoms with Crippen molar-refractivity contribution in [3.63, 3.8) is 0 Å². The molecule has 0 spiro atoms. The highest BCUT2D eigenvalue weighted by Crippen LogP contribution is 2.21. The number of aliphatic carboxylic acids is 1. The van der Waals surface area contributed by atoms with Gasteiger partial charge in [-0.3, -0.25) is 0 Å². The van der Waals surface area contributed by atoms with E-state index in [1.807, 2.05) is 60.7 Å². The molecule has 0 aromatic heterocycles. The van der Waals surface area contributed by atoms with Gasteiger partial charge >= 0.3 is 5.97 Å². The second-order valence-electron chi connectivity index (χ2n) is 4.54. The van der Waals surface area contributed by atoms with Crippen LogP contribution in [0.2, 0.25) is 0 Å². The lowest BCUT2D eigenvalue weighted by Gasteiger charge is -2.20. The zero-order valence-electron chi connectivity index (χ0n) is 11.1. The molecule has 0 fully saturated rings. The molecular formula is C17H17NO2. The molecule has 3 heteroatoms. The highest BCUT2D eigenvalue weighted by atomic mass is 16.4. The first-order valence-electron chi connectivity index (χ1n) is 6.43. The molecule has 0 bridgehead atoms. The van der Waals surface area contributed by atoms with E-state index in [1.165, 1.54) is 0 Å². The van der Waals surface area contributed by atoms with Crippen molar-refractivity contribution < 1.29 is 9.90 Å². The largest absolute Gasteiger partial charge is 0.478 e. The van der Waals surface area contributed by atoms with Gasteiger partial charge in [-0.2, -0.15) is 0 Å². The number of carboxylic acids is 1. The molecule has 0 aliphatic carbocycles. The highest BCUT2D eigenvalue weighted by Gasteiger charge is 2.14. The molecule has 0 aliphatic heterocycles. The summed E-state index contributed by atoms with van der Waals surface area (Å²) < 4.78 is 0. The van der Waals surface area contributed by atoms with Gasteiger partial charge in [0.25, 0.3) is 0 Å². The maximum absolute atomic E-state index is 10.8. The van der Waals surface area contributed by atoms with Gasteiger partial charge < -0.3 is 10.4 Å². The maximum Gasteiger partial charge on any atom is 0.332 e. The van der Waals surface area contributed by atoms with E-state index in [0.29, 0.717) is 0 Å². The quantitative estimate of drug-likeness (QED) is 0.791. The van der Waals surface area contributed by atoms with Crippen molar-refractivity contribution in [1.29, 1.82) is 0 Å². The fraction of sp³-hybridized carbons (Fsp3) is 0.118. The van der Waals surface area contributed by atoms with E-state index in [4.69, 9.17) is 5.11 Å². The summed E-state index contributed by atoms with van der Waals surface area (Å²) in [5.41, 5.74) is 2.34. The van der Waals surface area contributed by atoms with Crippen LogP contribution >= 0.6 is 0 Å². The van der Waals surface area contributed by atoms with E-state index in [-0.39, 0.29) is 18.2 Å². The Balaban J connectivity index is 2.22. The SMILES string of the molecule is C=C(CNC(c1ccccc1)c1ccccc1)C(=O)O. The first-order valence-corrected chi connectivity index (χ1v) is 6.43. The van der Waals surface area contributed by atoms with Crippen molar-refractivity contribution >= 4 is 5.97 Å². The van der Waals surface area contributed by atoms with E-state index in [1.54, 1.807) is 0 Å².